The Morgan fingerprint density at radius 3 is 2.67 bits per heavy atom. The summed E-state index contributed by atoms with van der Waals surface area (Å²) in [6.07, 6.45) is 2.65. The van der Waals surface area contributed by atoms with Gasteiger partial charge < -0.3 is 19.5 Å². The topological polar surface area (TPSA) is 52.6 Å². The smallest absolute Gasteiger partial charge is 0.217 e. The number of ether oxygens (including phenoxy) is 3. The lowest BCUT2D eigenvalue weighted by Gasteiger charge is -2.21. The SMILES string of the molecule is COCCCOCCOc1ncccc1CNC(C)(C)C. The van der Waals surface area contributed by atoms with E-state index < -0.39 is 0 Å². The molecule has 120 valence electrons. The standard InChI is InChI=1S/C16H28N2O3/c1-16(2,3)18-13-14-7-5-8-17-15(14)21-12-11-20-10-6-9-19-4/h5,7-8,18H,6,9-13H2,1-4H3. The minimum Gasteiger partial charge on any atom is -0.475 e. The van der Waals surface area contributed by atoms with Crippen molar-refractivity contribution in [1.29, 1.82) is 0 Å². The molecule has 1 rings (SSSR count). The van der Waals surface area contributed by atoms with Gasteiger partial charge in [0.15, 0.2) is 0 Å². The van der Waals surface area contributed by atoms with Crippen molar-refractivity contribution in [2.45, 2.75) is 39.3 Å². The number of hydrogen-bond acceptors (Lipinski definition) is 5. The third-order valence-electron chi connectivity index (χ3n) is 2.76. The van der Waals surface area contributed by atoms with Crippen molar-refractivity contribution in [2.24, 2.45) is 0 Å². The quantitative estimate of drug-likeness (QED) is 0.672. The molecule has 0 aromatic carbocycles. The van der Waals surface area contributed by atoms with Crippen LogP contribution in [0.3, 0.4) is 0 Å². The van der Waals surface area contributed by atoms with Gasteiger partial charge in [0.1, 0.15) is 6.61 Å². The second-order valence-electron chi connectivity index (χ2n) is 5.88. The number of hydrogen-bond donors (Lipinski definition) is 1. The number of nitrogens with zero attached hydrogens (tertiary/aromatic N) is 1. The number of nitrogens with one attached hydrogen (secondary N) is 1. The molecule has 0 aliphatic rings. The molecule has 0 amide bonds. The van der Waals surface area contributed by atoms with Crippen molar-refractivity contribution >= 4 is 0 Å². The Morgan fingerprint density at radius 2 is 1.95 bits per heavy atom. The second-order valence-corrected chi connectivity index (χ2v) is 5.88. The predicted molar refractivity (Wildman–Crippen MR) is 83.6 cm³/mol. The fourth-order valence-corrected chi connectivity index (χ4v) is 1.65. The van der Waals surface area contributed by atoms with Crippen molar-refractivity contribution in [3.05, 3.63) is 23.9 Å². The van der Waals surface area contributed by atoms with Gasteiger partial charge in [-0.05, 0) is 33.3 Å². The van der Waals surface area contributed by atoms with E-state index in [0.717, 1.165) is 25.1 Å². The Kier molecular flexibility index (Phi) is 8.27. The molecule has 0 aliphatic heterocycles. The van der Waals surface area contributed by atoms with Crippen LogP contribution in [0.2, 0.25) is 0 Å². The lowest BCUT2D eigenvalue weighted by molar-refractivity contribution is 0.0792. The molecule has 5 nitrogen and oxygen atoms in total. The summed E-state index contributed by atoms with van der Waals surface area (Å²) in [7, 11) is 1.69. The molecule has 0 unspecified atom stereocenters. The van der Waals surface area contributed by atoms with Crippen LogP contribution < -0.4 is 10.1 Å². The van der Waals surface area contributed by atoms with Crippen LogP contribution in [-0.2, 0) is 16.0 Å². The molecule has 5 heteroatoms. The van der Waals surface area contributed by atoms with Crippen molar-refractivity contribution in [1.82, 2.24) is 10.3 Å². The maximum Gasteiger partial charge on any atom is 0.217 e. The molecule has 0 aliphatic carbocycles. The molecule has 1 N–H and O–H groups in total. The second kappa shape index (κ2) is 9.71. The van der Waals surface area contributed by atoms with E-state index in [2.05, 4.69) is 31.1 Å². The summed E-state index contributed by atoms with van der Waals surface area (Å²) in [6, 6.07) is 3.95. The largest absolute Gasteiger partial charge is 0.475 e. The van der Waals surface area contributed by atoms with Gasteiger partial charge in [-0.1, -0.05) is 6.07 Å². The monoisotopic (exact) mass is 296 g/mol. The van der Waals surface area contributed by atoms with Crippen LogP contribution >= 0.6 is 0 Å². The number of methoxy groups -OCH3 is 1. The molecule has 1 aromatic heterocycles. The Hall–Kier alpha value is -1.17. The Bertz CT molecular complexity index is 391. The van der Waals surface area contributed by atoms with Gasteiger partial charge in [-0.2, -0.15) is 0 Å². The third kappa shape index (κ3) is 8.65. The van der Waals surface area contributed by atoms with Gasteiger partial charge in [-0.25, -0.2) is 4.98 Å². The number of rotatable bonds is 10. The van der Waals surface area contributed by atoms with E-state index in [0.29, 0.717) is 25.7 Å². The summed E-state index contributed by atoms with van der Waals surface area (Å²) >= 11 is 0. The maximum atomic E-state index is 5.70. The fourth-order valence-electron chi connectivity index (χ4n) is 1.65. The zero-order chi connectivity index (χ0) is 15.6. The van der Waals surface area contributed by atoms with Crippen LogP contribution in [-0.4, -0.2) is 44.1 Å². The highest BCUT2D eigenvalue weighted by Gasteiger charge is 2.11. The molecule has 0 atom stereocenters. The van der Waals surface area contributed by atoms with Gasteiger partial charge in [0.25, 0.3) is 0 Å². The van der Waals surface area contributed by atoms with Crippen molar-refractivity contribution in [3.8, 4) is 5.88 Å². The van der Waals surface area contributed by atoms with Crippen LogP contribution in [0.25, 0.3) is 0 Å². The van der Waals surface area contributed by atoms with E-state index in [9.17, 15) is 0 Å². The van der Waals surface area contributed by atoms with Gasteiger partial charge in [0, 0.05) is 44.2 Å². The molecule has 0 saturated carbocycles. The molecule has 1 aromatic rings. The first-order valence-corrected chi connectivity index (χ1v) is 7.41. The molecule has 21 heavy (non-hydrogen) atoms. The van der Waals surface area contributed by atoms with Crippen molar-refractivity contribution in [3.63, 3.8) is 0 Å². The highest BCUT2D eigenvalue weighted by molar-refractivity contribution is 5.25. The Labute approximate surface area is 128 Å². The fraction of sp³-hybridized carbons (Fsp3) is 0.688. The van der Waals surface area contributed by atoms with Crippen LogP contribution in [0.15, 0.2) is 18.3 Å². The van der Waals surface area contributed by atoms with E-state index in [4.69, 9.17) is 14.2 Å². The summed E-state index contributed by atoms with van der Waals surface area (Å²) in [5.74, 6) is 0.676. The summed E-state index contributed by atoms with van der Waals surface area (Å²) in [5, 5.41) is 3.44. The van der Waals surface area contributed by atoms with Crippen LogP contribution in [0.4, 0.5) is 0 Å². The van der Waals surface area contributed by atoms with Crippen LogP contribution in [0.5, 0.6) is 5.88 Å². The summed E-state index contributed by atoms with van der Waals surface area (Å²) < 4.78 is 16.1. The average Bonchev–Trinajstić information content (AvgIpc) is 2.44. The van der Waals surface area contributed by atoms with Crippen LogP contribution in [0.1, 0.15) is 32.8 Å². The lowest BCUT2D eigenvalue weighted by atomic mass is 10.1. The highest BCUT2D eigenvalue weighted by Crippen LogP contribution is 2.15. The zero-order valence-corrected chi connectivity index (χ0v) is 13.6. The van der Waals surface area contributed by atoms with E-state index in [1.165, 1.54) is 0 Å². The average molecular weight is 296 g/mol. The van der Waals surface area contributed by atoms with E-state index >= 15 is 0 Å². The zero-order valence-electron chi connectivity index (χ0n) is 13.6. The highest BCUT2D eigenvalue weighted by atomic mass is 16.5. The van der Waals surface area contributed by atoms with Gasteiger partial charge >= 0.3 is 0 Å². The van der Waals surface area contributed by atoms with Crippen LogP contribution in [0, 0.1) is 0 Å². The van der Waals surface area contributed by atoms with E-state index in [-0.39, 0.29) is 5.54 Å². The molecular formula is C16H28N2O3. The third-order valence-corrected chi connectivity index (χ3v) is 2.76. The first-order valence-electron chi connectivity index (χ1n) is 7.41. The molecular weight excluding hydrogens is 268 g/mol. The Morgan fingerprint density at radius 1 is 1.14 bits per heavy atom. The molecule has 0 bridgehead atoms. The molecule has 0 spiro atoms. The minimum absolute atomic E-state index is 0.0670. The van der Waals surface area contributed by atoms with Gasteiger partial charge in [0.05, 0.1) is 6.61 Å². The molecule has 0 saturated heterocycles. The molecule has 0 fully saturated rings. The van der Waals surface area contributed by atoms with Crippen molar-refractivity contribution < 1.29 is 14.2 Å². The summed E-state index contributed by atoms with van der Waals surface area (Å²) in [5.41, 5.74) is 1.13. The number of aromatic nitrogens is 1. The molecule has 0 radical (unpaired) electrons. The predicted octanol–water partition coefficient (Wildman–Crippen LogP) is 2.40. The maximum absolute atomic E-state index is 5.70. The van der Waals surface area contributed by atoms with E-state index in [1.807, 2.05) is 12.1 Å². The van der Waals surface area contributed by atoms with Crippen molar-refractivity contribution in [2.75, 3.05) is 33.5 Å². The minimum atomic E-state index is 0.0670. The van der Waals surface area contributed by atoms with Gasteiger partial charge in [-0.3, -0.25) is 0 Å². The summed E-state index contributed by atoms with van der Waals surface area (Å²) in [6.45, 7) is 9.63. The first-order chi connectivity index (χ1) is 10.0. The van der Waals surface area contributed by atoms with Gasteiger partial charge in [0.2, 0.25) is 5.88 Å². The molecule has 1 heterocycles. The lowest BCUT2D eigenvalue weighted by Crippen LogP contribution is -2.35. The Balaban J connectivity index is 2.31. The van der Waals surface area contributed by atoms with Gasteiger partial charge in [-0.15, -0.1) is 0 Å². The number of pyridine rings is 1. The summed E-state index contributed by atoms with van der Waals surface area (Å²) in [4.78, 5) is 4.29. The normalized spacial score (nSPS) is 11.6. The van der Waals surface area contributed by atoms with E-state index in [1.54, 1.807) is 13.3 Å². The first kappa shape index (κ1) is 17.9.